The number of hydrogen-bond acceptors (Lipinski definition) is 21. The number of guanidine groups is 1. The second-order valence-corrected chi connectivity index (χ2v) is 20.3. The Labute approximate surface area is 470 Å². The van der Waals surface area contributed by atoms with Gasteiger partial charge in [0.05, 0.1) is 39.2 Å². The van der Waals surface area contributed by atoms with Crippen LogP contribution in [0.4, 0.5) is 11.4 Å². The molecule has 0 saturated carbocycles. The van der Waals surface area contributed by atoms with E-state index >= 15 is 0 Å². The molecule has 5 amide bonds. The molecular weight excluding hydrogens is 1090 g/mol. The number of aliphatic hydroxyl groups is 1. The third-order valence-electron chi connectivity index (χ3n) is 13.5. The van der Waals surface area contributed by atoms with Gasteiger partial charge >= 0.3 is 29.8 Å². The van der Waals surface area contributed by atoms with Crippen LogP contribution in [0.25, 0.3) is 0 Å². The van der Waals surface area contributed by atoms with E-state index in [1.807, 2.05) is 0 Å². The standard InChI is InChI=1S/C49H78N14O19/c1-28(2)22-30(43(75)58-32(27-65)45(77)56-29(47(79)80)6-3-10-53-49(50)51)57-44(76)31(23-36(67)68)55-35(66)24-54-46(78)33-8-5-11-63(33)40-39(41(73)42(40)74)52-9-4-7-34(48(81)82)62-18-16-59(20-21-64)12-13-60(25-37(69)70)14-15-61(17-19-62)26-38(71)72/h21,28-34,52,65H,3-20,22-27H2,1-2H3,(H,54,78)(H,55,66)(H,56,77)(H,57,76)(H,58,75)(H,67,68)(H,69,70)(H,71,72)(H,79,80)(H,81,82)(H4,50,51,53)/t29-,30-,31-,32-,33-,34?/m0/s1. The molecule has 2 aliphatic rings. The van der Waals surface area contributed by atoms with Gasteiger partial charge in [0, 0.05) is 72.0 Å². The van der Waals surface area contributed by atoms with Crippen molar-refractivity contribution in [1.29, 1.82) is 5.41 Å². The Balaban J connectivity index is 1.66. The van der Waals surface area contributed by atoms with Gasteiger partial charge in [0.25, 0.3) is 10.9 Å². The van der Waals surface area contributed by atoms with Crippen LogP contribution < -0.4 is 58.7 Å². The lowest BCUT2D eigenvalue weighted by atomic mass is 10.0. The molecule has 458 valence electrons. The lowest BCUT2D eigenvalue weighted by molar-refractivity contribution is -0.144. The normalized spacial score (nSPS) is 17.8. The fourth-order valence-corrected chi connectivity index (χ4v) is 9.36. The van der Waals surface area contributed by atoms with Gasteiger partial charge in [0.15, 0.2) is 5.96 Å². The Morgan fingerprint density at radius 3 is 1.76 bits per heavy atom. The van der Waals surface area contributed by atoms with Crippen molar-refractivity contribution in [2.45, 2.75) is 101 Å². The van der Waals surface area contributed by atoms with E-state index in [0.717, 1.165) is 0 Å². The molecule has 1 unspecified atom stereocenters. The highest BCUT2D eigenvalue weighted by Crippen LogP contribution is 2.29. The van der Waals surface area contributed by atoms with Crippen molar-refractivity contribution < 1.29 is 83.4 Å². The van der Waals surface area contributed by atoms with Gasteiger partial charge in [-0.1, -0.05) is 13.8 Å². The maximum Gasteiger partial charge on any atom is 0.326 e. The first-order chi connectivity index (χ1) is 38.8. The predicted octanol–water partition coefficient (Wildman–Crippen LogP) is -6.60. The maximum atomic E-state index is 13.6. The van der Waals surface area contributed by atoms with Crippen molar-refractivity contribution in [2.75, 3.05) is 115 Å². The van der Waals surface area contributed by atoms with Crippen LogP contribution in [0.15, 0.2) is 9.59 Å². The number of aliphatic hydroxyl groups excluding tert-OH is 1. The quantitative estimate of drug-likeness (QED) is 0.0100. The Kier molecular flexibility index (Phi) is 28.7. The molecule has 33 nitrogen and oxygen atoms in total. The zero-order valence-corrected chi connectivity index (χ0v) is 45.9. The first-order valence-corrected chi connectivity index (χ1v) is 26.7. The highest BCUT2D eigenvalue weighted by molar-refractivity contribution is 5.97. The summed E-state index contributed by atoms with van der Waals surface area (Å²) in [6, 6.07) is -8.68. The second-order valence-electron chi connectivity index (χ2n) is 20.3. The maximum absolute atomic E-state index is 13.6. The first-order valence-electron chi connectivity index (χ1n) is 26.7. The number of hydrogen-bond donors (Lipinski definition) is 15. The molecule has 0 radical (unpaired) electrons. The smallest absolute Gasteiger partial charge is 0.326 e. The number of rotatable bonds is 34. The summed E-state index contributed by atoms with van der Waals surface area (Å²) in [6.07, 6.45) is 0.295. The van der Waals surface area contributed by atoms with Gasteiger partial charge in [-0.3, -0.25) is 77.7 Å². The number of carboxylic acid groups (broad SMARTS) is 5. The minimum Gasteiger partial charge on any atom is -0.481 e. The van der Waals surface area contributed by atoms with Crippen LogP contribution in [0.1, 0.15) is 65.2 Å². The zero-order valence-electron chi connectivity index (χ0n) is 45.9. The van der Waals surface area contributed by atoms with Crippen molar-refractivity contribution in [1.82, 2.24) is 51.5 Å². The fourth-order valence-electron chi connectivity index (χ4n) is 9.36. The predicted molar refractivity (Wildman–Crippen MR) is 289 cm³/mol. The van der Waals surface area contributed by atoms with Crippen molar-refractivity contribution in [3.8, 4) is 0 Å². The van der Waals surface area contributed by atoms with Crippen molar-refractivity contribution in [3.63, 3.8) is 0 Å². The van der Waals surface area contributed by atoms with Crippen LogP contribution in [-0.2, 0) is 52.7 Å². The van der Waals surface area contributed by atoms with Gasteiger partial charge < -0.3 is 83.3 Å². The summed E-state index contributed by atoms with van der Waals surface area (Å²) >= 11 is 0. The summed E-state index contributed by atoms with van der Waals surface area (Å²) in [4.78, 5) is 172. The monoisotopic (exact) mass is 1170 g/mol. The summed E-state index contributed by atoms with van der Waals surface area (Å²) in [5.74, 6) is -12.2. The lowest BCUT2D eigenvalue weighted by Crippen LogP contribution is -2.59. The largest absolute Gasteiger partial charge is 0.481 e. The molecule has 33 heteroatoms. The summed E-state index contributed by atoms with van der Waals surface area (Å²) in [5, 5.41) is 82.6. The number of carbonyl (C=O) groups is 11. The average Bonchev–Trinajstić information content (AvgIpc) is 4.00. The second kappa shape index (κ2) is 34.4. The lowest BCUT2D eigenvalue weighted by Gasteiger charge is -2.35. The number of nitrogens with zero attached hydrogens (tertiary/aromatic N) is 5. The van der Waals surface area contributed by atoms with E-state index in [0.29, 0.717) is 12.7 Å². The van der Waals surface area contributed by atoms with Crippen LogP contribution in [0.3, 0.4) is 0 Å². The molecule has 0 aliphatic carbocycles. The topological polar surface area (TPSA) is 494 Å². The Morgan fingerprint density at radius 1 is 0.659 bits per heavy atom. The molecule has 0 spiro atoms. The number of nitrogens with two attached hydrogens (primary N) is 1. The number of carboxylic acids is 5. The van der Waals surface area contributed by atoms with Crippen LogP contribution in [0.2, 0.25) is 0 Å². The minimum absolute atomic E-state index is 0.00454. The summed E-state index contributed by atoms with van der Waals surface area (Å²) in [7, 11) is 0. The molecule has 2 aliphatic heterocycles. The molecule has 6 atom stereocenters. The van der Waals surface area contributed by atoms with E-state index in [-0.39, 0.29) is 153 Å². The Bertz CT molecular complexity index is 2490. The van der Waals surface area contributed by atoms with E-state index in [4.69, 9.17) is 11.1 Å². The molecule has 0 aromatic heterocycles. The molecule has 16 N–H and O–H groups in total. The minimum atomic E-state index is -1.83. The van der Waals surface area contributed by atoms with Gasteiger partial charge in [-0.15, -0.1) is 0 Å². The first kappa shape index (κ1) is 68.4. The van der Waals surface area contributed by atoms with Gasteiger partial charge in [0.1, 0.15) is 53.9 Å². The molecular formula is C49H78N14O19. The molecule has 2 saturated heterocycles. The third-order valence-corrected chi connectivity index (χ3v) is 13.5. The van der Waals surface area contributed by atoms with E-state index in [1.54, 1.807) is 33.4 Å². The van der Waals surface area contributed by atoms with Crippen LogP contribution in [-0.4, -0.2) is 263 Å². The van der Waals surface area contributed by atoms with Gasteiger partial charge in [-0.25, -0.2) is 4.79 Å². The van der Waals surface area contributed by atoms with Crippen LogP contribution >= 0.6 is 0 Å². The van der Waals surface area contributed by atoms with Gasteiger partial charge in [0.2, 0.25) is 29.5 Å². The van der Waals surface area contributed by atoms with Crippen LogP contribution in [0.5, 0.6) is 0 Å². The molecule has 1 aromatic rings. The Hall–Kier alpha value is -7.88. The molecule has 0 bridgehead atoms. The molecule has 3 rings (SSSR count). The van der Waals surface area contributed by atoms with E-state index in [9.17, 15) is 93.0 Å². The highest BCUT2D eigenvalue weighted by Gasteiger charge is 2.38. The van der Waals surface area contributed by atoms with E-state index in [2.05, 4.69) is 37.2 Å². The number of aldehydes is 1. The summed E-state index contributed by atoms with van der Waals surface area (Å²) in [5.41, 5.74) is 3.20. The van der Waals surface area contributed by atoms with Crippen molar-refractivity contribution in [2.24, 2.45) is 11.7 Å². The third kappa shape index (κ3) is 22.9. The van der Waals surface area contributed by atoms with Gasteiger partial charge in [-0.2, -0.15) is 0 Å². The van der Waals surface area contributed by atoms with Crippen molar-refractivity contribution in [3.05, 3.63) is 20.4 Å². The molecule has 1 aromatic carbocycles. The summed E-state index contributed by atoms with van der Waals surface area (Å²) in [6.45, 7) is 2.51. The van der Waals surface area contributed by atoms with Gasteiger partial charge in [-0.05, 0) is 50.9 Å². The zero-order chi connectivity index (χ0) is 61.2. The SMILES string of the molecule is CC(C)C[C@H](NC(=O)[C@H](CC(=O)O)NC(=O)CNC(=O)[C@@H]1CCCN1c1c(NCCCC(C(=O)O)N2CCN(CC=O)CCN(CC(=O)O)CCN(CC(=O)O)CC2)c(=O)c1=O)C(=O)N[C@@H](CO)C(=O)N[C@@H](CCCNC(=N)N)C(=O)O. The molecule has 82 heavy (non-hydrogen) atoms. The highest BCUT2D eigenvalue weighted by atomic mass is 16.4. The van der Waals surface area contributed by atoms with Crippen LogP contribution in [0, 0.1) is 11.3 Å². The molecule has 2 fully saturated rings. The number of carbonyl (C=O) groups excluding carboxylic acids is 6. The molecule has 2 heterocycles. The summed E-state index contributed by atoms with van der Waals surface area (Å²) < 4.78 is 0. The van der Waals surface area contributed by atoms with Crippen molar-refractivity contribution >= 4 is 83.0 Å². The fraction of sp³-hybridized carbons (Fsp3) is 0.673. The van der Waals surface area contributed by atoms with E-state index in [1.165, 1.54) is 4.90 Å². The van der Waals surface area contributed by atoms with E-state index < -0.39 is 126 Å². The number of anilines is 2. The average molecular weight is 1170 g/mol. The number of nitrogens with one attached hydrogen (secondary N) is 8. The Morgan fingerprint density at radius 2 is 1.21 bits per heavy atom. The number of aliphatic carboxylic acids is 5. The number of amides is 5.